The fourth-order valence-electron chi connectivity index (χ4n) is 1.28. The summed E-state index contributed by atoms with van der Waals surface area (Å²) in [6, 6.07) is 7.33. The molecule has 0 saturated carbocycles. The number of aromatic nitrogens is 3. The molecule has 2 rings (SSSR count). The fraction of sp³-hybridized carbons (Fsp3) is 0.111. The van der Waals surface area contributed by atoms with E-state index in [0.717, 1.165) is 11.3 Å². The van der Waals surface area contributed by atoms with Gasteiger partial charge in [0.15, 0.2) is 0 Å². The van der Waals surface area contributed by atoms with Gasteiger partial charge < -0.3 is 10.8 Å². The Morgan fingerprint density at radius 2 is 2.14 bits per heavy atom. The summed E-state index contributed by atoms with van der Waals surface area (Å²) in [7, 11) is 0. The van der Waals surface area contributed by atoms with Crippen molar-refractivity contribution >= 4 is 0 Å². The van der Waals surface area contributed by atoms with E-state index in [9.17, 15) is 0 Å². The molecule has 0 unspecified atom stereocenters. The predicted octanol–water partition coefficient (Wildman–Crippen LogP) is 0.432. The topological polar surface area (TPSA) is 77.0 Å². The normalized spacial score (nSPS) is 10.4. The zero-order valence-electron chi connectivity index (χ0n) is 7.46. The highest BCUT2D eigenvalue weighted by atomic mass is 16.3. The Kier molecular flexibility index (Phi) is 2.16. The second-order valence-corrected chi connectivity index (χ2v) is 2.82. The Bertz CT molecular complexity index is 438. The van der Waals surface area contributed by atoms with Crippen molar-refractivity contribution in [1.82, 2.24) is 14.8 Å². The van der Waals surface area contributed by atoms with Crippen LogP contribution in [0.15, 0.2) is 30.6 Å². The lowest BCUT2D eigenvalue weighted by Crippen LogP contribution is -2.04. The molecule has 0 bridgehead atoms. The zero-order chi connectivity index (χ0) is 9.97. The molecule has 0 saturated heterocycles. The van der Waals surface area contributed by atoms with E-state index in [1.165, 1.54) is 11.0 Å². The fourth-order valence-corrected chi connectivity index (χ4v) is 1.28. The van der Waals surface area contributed by atoms with E-state index in [0.29, 0.717) is 6.54 Å². The summed E-state index contributed by atoms with van der Waals surface area (Å²) in [5.41, 5.74) is 7.36. The molecule has 14 heavy (non-hydrogen) atoms. The molecule has 0 atom stereocenters. The third kappa shape index (κ3) is 1.45. The Morgan fingerprint density at radius 1 is 1.36 bits per heavy atom. The molecule has 1 heterocycles. The average molecular weight is 190 g/mol. The van der Waals surface area contributed by atoms with E-state index in [1.807, 2.05) is 24.3 Å². The number of hydrogen-bond donors (Lipinski definition) is 2. The van der Waals surface area contributed by atoms with Gasteiger partial charge in [-0.15, -0.1) is 5.10 Å². The highest BCUT2D eigenvalue weighted by Crippen LogP contribution is 2.13. The molecule has 0 aliphatic rings. The van der Waals surface area contributed by atoms with Crippen LogP contribution < -0.4 is 5.73 Å². The maximum Gasteiger partial charge on any atom is 0.333 e. The summed E-state index contributed by atoms with van der Waals surface area (Å²) in [5, 5.41) is 12.8. The van der Waals surface area contributed by atoms with Crippen LogP contribution in [-0.2, 0) is 6.54 Å². The summed E-state index contributed by atoms with van der Waals surface area (Å²) in [4.78, 5) is 3.64. The molecule has 72 valence electrons. The molecule has 5 nitrogen and oxygen atoms in total. The van der Waals surface area contributed by atoms with Crippen LogP contribution in [0.25, 0.3) is 5.69 Å². The summed E-state index contributed by atoms with van der Waals surface area (Å²) in [5.74, 6) is 0. The van der Waals surface area contributed by atoms with E-state index in [-0.39, 0.29) is 6.01 Å². The first-order valence-corrected chi connectivity index (χ1v) is 4.20. The van der Waals surface area contributed by atoms with Crippen LogP contribution in [0.4, 0.5) is 0 Å². The van der Waals surface area contributed by atoms with Crippen LogP contribution in [0, 0.1) is 0 Å². The Labute approximate surface area is 80.8 Å². The van der Waals surface area contributed by atoms with Crippen molar-refractivity contribution in [2.24, 2.45) is 5.73 Å². The standard InChI is InChI=1S/C9H10N4O/c10-5-7-3-1-2-4-8(7)13-6-11-9(14)12-13/h1-4,6H,5,10H2,(H,12,14). The van der Waals surface area contributed by atoms with Gasteiger partial charge in [-0.1, -0.05) is 18.2 Å². The van der Waals surface area contributed by atoms with Crippen molar-refractivity contribution in [3.8, 4) is 11.7 Å². The quantitative estimate of drug-likeness (QED) is 0.720. The molecule has 2 aromatic rings. The number of benzene rings is 1. The molecular formula is C9H10N4O. The van der Waals surface area contributed by atoms with Gasteiger partial charge in [0.25, 0.3) is 0 Å². The number of nitrogens with two attached hydrogens (primary N) is 1. The van der Waals surface area contributed by atoms with Gasteiger partial charge in [-0.05, 0) is 11.6 Å². The van der Waals surface area contributed by atoms with Crippen LogP contribution in [0.1, 0.15) is 5.56 Å². The van der Waals surface area contributed by atoms with Crippen molar-refractivity contribution in [3.05, 3.63) is 36.2 Å². The second kappa shape index (κ2) is 3.47. The largest absolute Gasteiger partial charge is 0.478 e. The molecule has 0 aliphatic carbocycles. The Hall–Kier alpha value is -1.88. The molecule has 0 amide bonds. The van der Waals surface area contributed by atoms with Crippen LogP contribution >= 0.6 is 0 Å². The van der Waals surface area contributed by atoms with Gasteiger partial charge in [0.05, 0.1) is 5.69 Å². The molecule has 3 N–H and O–H groups in total. The summed E-state index contributed by atoms with van der Waals surface area (Å²) >= 11 is 0. The first kappa shape index (κ1) is 8.71. The second-order valence-electron chi connectivity index (χ2n) is 2.82. The molecule has 0 fully saturated rings. The van der Waals surface area contributed by atoms with Gasteiger partial charge in [0.1, 0.15) is 6.33 Å². The van der Waals surface area contributed by atoms with Crippen molar-refractivity contribution in [1.29, 1.82) is 0 Å². The van der Waals surface area contributed by atoms with Gasteiger partial charge in [-0.25, -0.2) is 4.68 Å². The molecule has 1 aromatic carbocycles. The van der Waals surface area contributed by atoms with E-state index in [1.54, 1.807) is 0 Å². The predicted molar refractivity (Wildman–Crippen MR) is 50.9 cm³/mol. The van der Waals surface area contributed by atoms with E-state index in [4.69, 9.17) is 10.8 Å². The smallest absolute Gasteiger partial charge is 0.333 e. The highest BCUT2D eigenvalue weighted by Gasteiger charge is 2.04. The summed E-state index contributed by atoms with van der Waals surface area (Å²) in [6.07, 6.45) is 1.45. The maximum atomic E-state index is 9.00. The third-order valence-electron chi connectivity index (χ3n) is 1.94. The zero-order valence-corrected chi connectivity index (χ0v) is 7.46. The Morgan fingerprint density at radius 3 is 2.79 bits per heavy atom. The minimum Gasteiger partial charge on any atom is -0.478 e. The van der Waals surface area contributed by atoms with E-state index < -0.39 is 0 Å². The number of nitrogens with zero attached hydrogens (tertiary/aromatic N) is 3. The van der Waals surface area contributed by atoms with Gasteiger partial charge in [-0.3, -0.25) is 0 Å². The van der Waals surface area contributed by atoms with Crippen LogP contribution in [0.5, 0.6) is 6.01 Å². The Balaban J connectivity index is 2.50. The molecule has 0 aliphatic heterocycles. The number of para-hydroxylation sites is 1. The van der Waals surface area contributed by atoms with Crippen LogP contribution in [-0.4, -0.2) is 19.9 Å². The lowest BCUT2D eigenvalue weighted by atomic mass is 10.2. The lowest BCUT2D eigenvalue weighted by Gasteiger charge is -2.05. The molecule has 5 heteroatoms. The lowest BCUT2D eigenvalue weighted by molar-refractivity contribution is 0.430. The molecule has 0 spiro atoms. The van der Waals surface area contributed by atoms with Gasteiger partial charge in [0.2, 0.25) is 0 Å². The first-order chi connectivity index (χ1) is 6.81. The summed E-state index contributed by atoms with van der Waals surface area (Å²) in [6.45, 7) is 0.427. The van der Waals surface area contributed by atoms with Crippen molar-refractivity contribution in [2.45, 2.75) is 6.54 Å². The minimum atomic E-state index is -0.239. The monoisotopic (exact) mass is 190 g/mol. The van der Waals surface area contributed by atoms with Crippen LogP contribution in [0.3, 0.4) is 0 Å². The van der Waals surface area contributed by atoms with Gasteiger partial charge in [-0.2, -0.15) is 4.98 Å². The van der Waals surface area contributed by atoms with Gasteiger partial charge in [0, 0.05) is 6.54 Å². The van der Waals surface area contributed by atoms with Crippen molar-refractivity contribution in [3.63, 3.8) is 0 Å². The SMILES string of the molecule is NCc1ccccc1-n1cnc(O)n1. The number of aromatic hydroxyl groups is 1. The maximum absolute atomic E-state index is 9.00. The van der Waals surface area contributed by atoms with Gasteiger partial charge >= 0.3 is 6.01 Å². The molecule has 1 aromatic heterocycles. The molecular weight excluding hydrogens is 180 g/mol. The third-order valence-corrected chi connectivity index (χ3v) is 1.94. The highest BCUT2D eigenvalue weighted by molar-refractivity contribution is 5.39. The van der Waals surface area contributed by atoms with Crippen molar-refractivity contribution < 1.29 is 5.11 Å². The van der Waals surface area contributed by atoms with E-state index in [2.05, 4.69) is 10.1 Å². The minimum absolute atomic E-state index is 0.239. The van der Waals surface area contributed by atoms with E-state index >= 15 is 0 Å². The average Bonchev–Trinajstić information content (AvgIpc) is 2.65. The molecule has 0 radical (unpaired) electrons. The summed E-state index contributed by atoms with van der Waals surface area (Å²) < 4.78 is 1.50. The van der Waals surface area contributed by atoms with Crippen LogP contribution in [0.2, 0.25) is 0 Å². The number of hydrogen-bond acceptors (Lipinski definition) is 4. The first-order valence-electron chi connectivity index (χ1n) is 4.20. The number of rotatable bonds is 2. The van der Waals surface area contributed by atoms with Crippen molar-refractivity contribution in [2.75, 3.05) is 0 Å².